The fourth-order valence-corrected chi connectivity index (χ4v) is 5.78. The van der Waals surface area contributed by atoms with Gasteiger partial charge in [-0.05, 0) is 55.9 Å². The Kier molecular flexibility index (Phi) is 7.73. The van der Waals surface area contributed by atoms with Crippen molar-refractivity contribution in [1.29, 1.82) is 0 Å². The van der Waals surface area contributed by atoms with Gasteiger partial charge in [-0.2, -0.15) is 0 Å². The minimum absolute atomic E-state index is 0.0531. The number of ether oxygens (including phenoxy) is 3. The molecule has 2 heterocycles. The summed E-state index contributed by atoms with van der Waals surface area (Å²) in [6, 6.07) is 10.6. The van der Waals surface area contributed by atoms with Gasteiger partial charge in [0.1, 0.15) is 0 Å². The summed E-state index contributed by atoms with van der Waals surface area (Å²) in [5.74, 6) is -0.866. The molecule has 2 aromatic carbocycles. The average molecular weight is 557 g/mol. The number of rotatable bonds is 8. The molecule has 9 nitrogen and oxygen atoms in total. The van der Waals surface area contributed by atoms with Crippen LogP contribution in [0.4, 0.5) is 5.69 Å². The predicted molar refractivity (Wildman–Crippen MR) is 144 cm³/mol. The van der Waals surface area contributed by atoms with E-state index in [2.05, 4.69) is 0 Å². The molecule has 208 valence electrons. The van der Waals surface area contributed by atoms with Gasteiger partial charge in [0.25, 0.3) is 5.91 Å². The van der Waals surface area contributed by atoms with E-state index in [1.165, 1.54) is 14.2 Å². The summed E-state index contributed by atoms with van der Waals surface area (Å²) in [6.07, 6.45) is 2.52. The number of methoxy groups -OCH3 is 2. The smallest absolute Gasteiger partial charge is 0.306 e. The van der Waals surface area contributed by atoms with Crippen molar-refractivity contribution in [3.05, 3.63) is 52.5 Å². The third-order valence-corrected chi connectivity index (χ3v) is 8.20. The zero-order chi connectivity index (χ0) is 27.7. The normalized spacial score (nSPS) is 21.8. The first kappa shape index (κ1) is 27.3. The molecule has 2 aromatic rings. The summed E-state index contributed by atoms with van der Waals surface area (Å²) in [6.45, 7) is 1.16. The maximum Gasteiger partial charge on any atom is 0.306 e. The van der Waals surface area contributed by atoms with E-state index in [0.29, 0.717) is 60.5 Å². The highest BCUT2D eigenvalue weighted by atomic mass is 35.5. The Bertz CT molecular complexity index is 1270. The van der Waals surface area contributed by atoms with Crippen molar-refractivity contribution >= 4 is 35.1 Å². The fraction of sp³-hybridized carbons (Fsp3) is 0.483. The number of hydrogen-bond acceptors (Lipinski definition) is 6. The molecule has 1 saturated heterocycles. The molecule has 0 radical (unpaired) electrons. The molecular formula is C29H33ClN2O7. The highest BCUT2D eigenvalue weighted by molar-refractivity contribution is 6.30. The number of hydrogen-bond donors (Lipinski definition) is 1. The second-order valence-electron chi connectivity index (χ2n) is 10.5. The Morgan fingerprint density at radius 1 is 1.10 bits per heavy atom. The number of carboxylic acids is 1. The SMILES string of the molecule is COc1cccc(C2(CC(=O)N3CCC(C(=O)O)CC3)OCc3cc(Cl)ccc3N(CC3CC3)C2=O)c1OC. The Morgan fingerprint density at radius 2 is 1.85 bits per heavy atom. The summed E-state index contributed by atoms with van der Waals surface area (Å²) in [5, 5.41) is 9.92. The number of halogens is 1. The van der Waals surface area contributed by atoms with E-state index in [0.717, 1.165) is 24.1 Å². The highest BCUT2D eigenvalue weighted by Crippen LogP contribution is 2.47. The van der Waals surface area contributed by atoms with Crippen LogP contribution in [-0.4, -0.2) is 61.6 Å². The van der Waals surface area contributed by atoms with Crippen molar-refractivity contribution in [3.8, 4) is 11.5 Å². The van der Waals surface area contributed by atoms with Crippen LogP contribution < -0.4 is 14.4 Å². The number of carbonyl (C=O) groups excluding carboxylic acids is 2. The number of nitrogens with zero attached hydrogens (tertiary/aromatic N) is 2. The van der Waals surface area contributed by atoms with E-state index in [9.17, 15) is 19.5 Å². The largest absolute Gasteiger partial charge is 0.493 e. The van der Waals surface area contributed by atoms with Crippen LogP contribution >= 0.6 is 11.6 Å². The molecule has 5 rings (SSSR count). The number of para-hydroxylation sites is 1. The van der Waals surface area contributed by atoms with Gasteiger partial charge < -0.3 is 29.1 Å². The van der Waals surface area contributed by atoms with Crippen LogP contribution in [-0.2, 0) is 31.3 Å². The van der Waals surface area contributed by atoms with E-state index in [1.807, 2.05) is 6.07 Å². The van der Waals surface area contributed by atoms with Crippen LogP contribution in [0, 0.1) is 11.8 Å². The second kappa shape index (κ2) is 11.1. The molecule has 1 unspecified atom stereocenters. The van der Waals surface area contributed by atoms with Crippen LogP contribution in [0.25, 0.3) is 0 Å². The maximum atomic E-state index is 14.7. The minimum Gasteiger partial charge on any atom is -0.493 e. The lowest BCUT2D eigenvalue weighted by Crippen LogP contribution is -2.52. The number of piperidine rings is 1. The van der Waals surface area contributed by atoms with E-state index in [1.54, 1.807) is 40.1 Å². The summed E-state index contributed by atoms with van der Waals surface area (Å²) >= 11 is 6.33. The van der Waals surface area contributed by atoms with Crippen LogP contribution in [0.1, 0.15) is 43.2 Å². The molecule has 10 heteroatoms. The van der Waals surface area contributed by atoms with Crippen LogP contribution in [0.15, 0.2) is 36.4 Å². The number of carboxylic acid groups (broad SMARTS) is 1. The van der Waals surface area contributed by atoms with E-state index >= 15 is 0 Å². The van der Waals surface area contributed by atoms with Crippen LogP contribution in [0.5, 0.6) is 11.5 Å². The molecule has 1 N–H and O–H groups in total. The number of aliphatic carboxylic acids is 1. The molecule has 0 aromatic heterocycles. The second-order valence-corrected chi connectivity index (χ2v) is 10.9. The molecule has 1 aliphatic carbocycles. The van der Waals surface area contributed by atoms with Gasteiger partial charge in [-0.25, -0.2) is 0 Å². The molecule has 1 saturated carbocycles. The third kappa shape index (κ3) is 5.30. The number of fused-ring (bicyclic) bond motifs is 1. The third-order valence-electron chi connectivity index (χ3n) is 7.97. The highest BCUT2D eigenvalue weighted by Gasteiger charge is 2.52. The van der Waals surface area contributed by atoms with Gasteiger partial charge in [0.05, 0.1) is 33.2 Å². The average Bonchev–Trinajstić information content (AvgIpc) is 3.78. The zero-order valence-electron chi connectivity index (χ0n) is 22.2. The summed E-state index contributed by atoms with van der Waals surface area (Å²) in [4.78, 5) is 43.4. The number of carbonyl (C=O) groups is 3. The molecule has 0 bridgehead atoms. The fourth-order valence-electron chi connectivity index (χ4n) is 5.58. The number of benzene rings is 2. The van der Waals surface area contributed by atoms with Crippen molar-refractivity contribution < 1.29 is 33.7 Å². The van der Waals surface area contributed by atoms with Crippen molar-refractivity contribution in [2.24, 2.45) is 11.8 Å². The molecular weight excluding hydrogens is 524 g/mol. The molecule has 2 fully saturated rings. The van der Waals surface area contributed by atoms with Crippen molar-refractivity contribution in [3.63, 3.8) is 0 Å². The van der Waals surface area contributed by atoms with Gasteiger partial charge in [0.2, 0.25) is 5.91 Å². The quantitative estimate of drug-likeness (QED) is 0.518. The molecule has 3 aliphatic rings. The maximum absolute atomic E-state index is 14.7. The van der Waals surface area contributed by atoms with Crippen LogP contribution in [0.3, 0.4) is 0 Å². The monoisotopic (exact) mass is 556 g/mol. The van der Waals surface area contributed by atoms with Crippen LogP contribution in [0.2, 0.25) is 5.02 Å². The standard InChI is InChI=1S/C29H33ClN2O7/c1-37-24-5-3-4-22(26(24)38-2)29(15-25(33)31-12-10-19(11-13-31)27(34)35)28(36)32(16-18-6-7-18)23-9-8-21(30)14-20(23)17-39-29/h3-5,8-9,14,18-19H,6-7,10-13,15-17H2,1-2H3,(H,34,35). The Hall–Kier alpha value is -3.30. The van der Waals surface area contributed by atoms with E-state index < -0.39 is 17.5 Å². The lowest BCUT2D eigenvalue weighted by molar-refractivity contribution is -0.158. The first-order valence-electron chi connectivity index (χ1n) is 13.2. The minimum atomic E-state index is -1.71. The van der Waals surface area contributed by atoms with Gasteiger partial charge in [-0.3, -0.25) is 14.4 Å². The molecule has 2 amide bonds. The Labute approximate surface area is 232 Å². The summed E-state index contributed by atoms with van der Waals surface area (Å²) in [5.41, 5.74) is 0.175. The predicted octanol–water partition coefficient (Wildman–Crippen LogP) is 4.24. The number of anilines is 1. The topological polar surface area (TPSA) is 106 Å². The van der Waals surface area contributed by atoms with E-state index in [-0.39, 0.29) is 24.8 Å². The first-order valence-corrected chi connectivity index (χ1v) is 13.6. The van der Waals surface area contributed by atoms with Gasteiger partial charge in [-0.15, -0.1) is 0 Å². The van der Waals surface area contributed by atoms with E-state index in [4.69, 9.17) is 25.8 Å². The van der Waals surface area contributed by atoms with Gasteiger partial charge in [0.15, 0.2) is 17.1 Å². The van der Waals surface area contributed by atoms with Gasteiger partial charge in [-0.1, -0.05) is 23.7 Å². The Morgan fingerprint density at radius 3 is 2.49 bits per heavy atom. The molecule has 2 aliphatic heterocycles. The number of likely N-dealkylation sites (tertiary alicyclic amines) is 1. The molecule has 1 atom stereocenters. The summed E-state index contributed by atoms with van der Waals surface area (Å²) in [7, 11) is 3.00. The van der Waals surface area contributed by atoms with Gasteiger partial charge >= 0.3 is 5.97 Å². The molecule has 0 spiro atoms. The Balaban J connectivity index is 1.59. The lowest BCUT2D eigenvalue weighted by Gasteiger charge is -2.38. The van der Waals surface area contributed by atoms with Crippen molar-refractivity contribution in [2.45, 2.75) is 44.3 Å². The van der Waals surface area contributed by atoms with Crippen molar-refractivity contribution in [2.75, 3.05) is 38.8 Å². The summed E-state index contributed by atoms with van der Waals surface area (Å²) < 4.78 is 17.8. The first-order chi connectivity index (χ1) is 18.8. The zero-order valence-corrected chi connectivity index (χ0v) is 22.9. The molecule has 39 heavy (non-hydrogen) atoms. The van der Waals surface area contributed by atoms with Crippen molar-refractivity contribution in [1.82, 2.24) is 4.90 Å². The lowest BCUT2D eigenvalue weighted by atomic mass is 9.86. The number of amides is 2. The van der Waals surface area contributed by atoms with Gasteiger partial charge in [0, 0.05) is 41.5 Å².